The molecule has 0 atom stereocenters. The zero-order chi connectivity index (χ0) is 16.3. The molecule has 0 aromatic carbocycles. The maximum absolute atomic E-state index is 12.7. The number of amides is 1. The fourth-order valence-electron chi connectivity index (χ4n) is 2.80. The highest BCUT2D eigenvalue weighted by atomic mass is 35.5. The molecule has 3 N–H and O–H groups in total. The van der Waals surface area contributed by atoms with E-state index in [1.54, 1.807) is 4.90 Å². The number of hydrogen-bond donors (Lipinski definition) is 2. The molecule has 1 aromatic rings. The summed E-state index contributed by atoms with van der Waals surface area (Å²) in [5.74, 6) is -0.0899. The van der Waals surface area contributed by atoms with Crippen LogP contribution in [0.5, 0.6) is 0 Å². The molecule has 1 saturated heterocycles. The summed E-state index contributed by atoms with van der Waals surface area (Å²) >= 11 is 0. The van der Waals surface area contributed by atoms with Crippen molar-refractivity contribution in [2.75, 3.05) is 19.6 Å². The molecule has 0 radical (unpaired) electrons. The Hall–Kier alpha value is -1.09. The van der Waals surface area contributed by atoms with E-state index in [4.69, 9.17) is 9.56 Å². The highest BCUT2D eigenvalue weighted by Gasteiger charge is 2.29. The average Bonchev–Trinajstić information content (AvgIpc) is 2.87. The number of aryl methyl sites for hydroxylation is 1. The van der Waals surface area contributed by atoms with Crippen LogP contribution in [0.2, 0.25) is 0 Å². The molecule has 0 unspecified atom stereocenters. The number of hydrogen-bond acceptors (Lipinski definition) is 5. The standard InChI is InChI=1S/C14H23N3O4S.ClH/c1-3-8-17(11-4-6-16-7-5-11)14(18)12-9-13(10(2)21-12)22(15,19)20;/h9,11,16H,3-8H2,1-2H3,(H2,15,19,20);1H. The normalized spacial score (nSPS) is 16.0. The van der Waals surface area contributed by atoms with E-state index in [1.807, 2.05) is 6.92 Å². The Balaban J connectivity index is 0.00000264. The van der Waals surface area contributed by atoms with Gasteiger partial charge in [0.05, 0.1) is 0 Å². The summed E-state index contributed by atoms with van der Waals surface area (Å²) in [4.78, 5) is 14.4. The smallest absolute Gasteiger partial charge is 0.289 e. The molecule has 0 saturated carbocycles. The summed E-state index contributed by atoms with van der Waals surface area (Å²) in [6.45, 7) is 5.86. The van der Waals surface area contributed by atoms with Gasteiger partial charge in [-0.1, -0.05) is 6.92 Å². The van der Waals surface area contributed by atoms with Gasteiger partial charge >= 0.3 is 0 Å². The van der Waals surface area contributed by atoms with Crippen LogP contribution in [-0.2, 0) is 10.0 Å². The van der Waals surface area contributed by atoms with E-state index < -0.39 is 10.0 Å². The molecule has 9 heteroatoms. The van der Waals surface area contributed by atoms with E-state index in [0.717, 1.165) is 32.4 Å². The molecule has 1 aliphatic rings. The van der Waals surface area contributed by atoms with E-state index in [0.29, 0.717) is 6.54 Å². The van der Waals surface area contributed by atoms with E-state index >= 15 is 0 Å². The van der Waals surface area contributed by atoms with Crippen LogP contribution < -0.4 is 10.5 Å². The number of carbonyl (C=O) groups is 1. The van der Waals surface area contributed by atoms with E-state index in [2.05, 4.69) is 5.32 Å². The maximum Gasteiger partial charge on any atom is 0.289 e. The molecule has 132 valence electrons. The number of rotatable bonds is 5. The first-order valence-electron chi connectivity index (χ1n) is 7.49. The summed E-state index contributed by atoms with van der Waals surface area (Å²) in [7, 11) is -3.88. The van der Waals surface area contributed by atoms with E-state index in [9.17, 15) is 13.2 Å². The number of nitrogens with two attached hydrogens (primary N) is 1. The van der Waals surface area contributed by atoms with Crippen molar-refractivity contribution in [2.45, 2.75) is 44.0 Å². The van der Waals surface area contributed by atoms with Crippen LogP contribution in [0.15, 0.2) is 15.4 Å². The van der Waals surface area contributed by atoms with Crippen LogP contribution >= 0.6 is 12.4 Å². The van der Waals surface area contributed by atoms with Gasteiger partial charge < -0.3 is 14.6 Å². The predicted molar refractivity (Wildman–Crippen MR) is 89.3 cm³/mol. The highest BCUT2D eigenvalue weighted by Crippen LogP contribution is 2.22. The van der Waals surface area contributed by atoms with Gasteiger partial charge in [-0.25, -0.2) is 13.6 Å². The van der Waals surface area contributed by atoms with Gasteiger partial charge in [-0.05, 0) is 39.3 Å². The Morgan fingerprint density at radius 3 is 2.52 bits per heavy atom. The third-order valence-electron chi connectivity index (χ3n) is 3.86. The third-order valence-corrected chi connectivity index (χ3v) is 4.88. The lowest BCUT2D eigenvalue weighted by Gasteiger charge is -2.34. The number of carbonyl (C=O) groups excluding carboxylic acids is 1. The molecule has 1 aliphatic heterocycles. The van der Waals surface area contributed by atoms with Gasteiger partial charge in [0.1, 0.15) is 10.7 Å². The SMILES string of the molecule is CCCN(C(=O)c1cc(S(N)(=O)=O)c(C)o1)C1CCNCC1.Cl. The first kappa shape index (κ1) is 20.0. The molecule has 0 aliphatic carbocycles. The fourth-order valence-corrected chi connectivity index (χ4v) is 3.52. The van der Waals surface area contributed by atoms with Gasteiger partial charge in [-0.2, -0.15) is 0 Å². The van der Waals surface area contributed by atoms with E-state index in [-0.39, 0.29) is 40.8 Å². The molecule has 2 rings (SSSR count). The molecule has 1 amide bonds. The molecule has 2 heterocycles. The first-order chi connectivity index (χ1) is 10.3. The first-order valence-corrected chi connectivity index (χ1v) is 9.04. The van der Waals surface area contributed by atoms with Crippen molar-refractivity contribution in [2.24, 2.45) is 5.14 Å². The lowest BCUT2D eigenvalue weighted by Crippen LogP contribution is -2.46. The summed E-state index contributed by atoms with van der Waals surface area (Å²) in [6.07, 6.45) is 2.60. The van der Waals surface area contributed by atoms with Gasteiger partial charge in [0.25, 0.3) is 5.91 Å². The number of sulfonamides is 1. The molecular weight excluding hydrogens is 342 g/mol. The molecule has 0 bridgehead atoms. The Bertz CT molecular complexity index is 638. The van der Waals surface area contributed by atoms with Crippen molar-refractivity contribution in [1.82, 2.24) is 10.2 Å². The molecule has 1 aromatic heterocycles. The largest absolute Gasteiger partial charge is 0.455 e. The number of halogens is 1. The van der Waals surface area contributed by atoms with Gasteiger partial charge in [0.15, 0.2) is 5.76 Å². The van der Waals surface area contributed by atoms with Crippen molar-refractivity contribution >= 4 is 28.3 Å². The zero-order valence-electron chi connectivity index (χ0n) is 13.4. The minimum Gasteiger partial charge on any atom is -0.455 e. The van der Waals surface area contributed by atoms with Crippen LogP contribution in [0.25, 0.3) is 0 Å². The summed E-state index contributed by atoms with van der Waals surface area (Å²) in [5, 5.41) is 8.39. The van der Waals surface area contributed by atoms with Crippen LogP contribution in [0, 0.1) is 6.92 Å². The van der Waals surface area contributed by atoms with Crippen molar-refractivity contribution in [1.29, 1.82) is 0 Å². The number of nitrogens with one attached hydrogen (secondary N) is 1. The van der Waals surface area contributed by atoms with Crippen LogP contribution in [-0.4, -0.2) is 44.9 Å². The Kier molecular flexibility index (Phi) is 7.06. The van der Waals surface area contributed by atoms with Gasteiger partial charge in [0, 0.05) is 18.7 Å². The second-order valence-corrected chi connectivity index (χ2v) is 7.09. The summed E-state index contributed by atoms with van der Waals surface area (Å²) < 4.78 is 28.3. The van der Waals surface area contributed by atoms with Crippen molar-refractivity contribution < 1.29 is 17.6 Å². The molecule has 7 nitrogen and oxygen atoms in total. The molecule has 0 spiro atoms. The Morgan fingerprint density at radius 1 is 1.43 bits per heavy atom. The minimum absolute atomic E-state index is 0. The molecule has 23 heavy (non-hydrogen) atoms. The van der Waals surface area contributed by atoms with Crippen LogP contribution in [0.4, 0.5) is 0 Å². The molecule has 1 fully saturated rings. The second-order valence-electron chi connectivity index (χ2n) is 5.56. The minimum atomic E-state index is -3.88. The van der Waals surface area contributed by atoms with Gasteiger partial charge in [-0.3, -0.25) is 4.79 Å². The number of primary sulfonamides is 1. The van der Waals surface area contributed by atoms with Gasteiger partial charge in [0.2, 0.25) is 10.0 Å². The predicted octanol–water partition coefficient (Wildman–Crippen LogP) is 1.26. The van der Waals surface area contributed by atoms with Crippen molar-refractivity contribution in [3.05, 3.63) is 17.6 Å². The zero-order valence-corrected chi connectivity index (χ0v) is 15.0. The van der Waals surface area contributed by atoms with Crippen LogP contribution in [0.3, 0.4) is 0 Å². The van der Waals surface area contributed by atoms with Crippen molar-refractivity contribution in [3.8, 4) is 0 Å². The Labute approximate surface area is 143 Å². The second kappa shape index (κ2) is 8.14. The fraction of sp³-hybridized carbons (Fsp3) is 0.643. The van der Waals surface area contributed by atoms with Crippen LogP contribution in [0.1, 0.15) is 42.5 Å². The topological polar surface area (TPSA) is 106 Å². The van der Waals surface area contributed by atoms with Gasteiger partial charge in [-0.15, -0.1) is 12.4 Å². The number of furan rings is 1. The quantitative estimate of drug-likeness (QED) is 0.817. The monoisotopic (exact) mass is 365 g/mol. The maximum atomic E-state index is 12.7. The lowest BCUT2D eigenvalue weighted by molar-refractivity contribution is 0.0609. The lowest BCUT2D eigenvalue weighted by atomic mass is 10.0. The number of nitrogens with zero attached hydrogens (tertiary/aromatic N) is 1. The molecular formula is C14H24ClN3O4S. The van der Waals surface area contributed by atoms with E-state index in [1.165, 1.54) is 13.0 Å². The Morgan fingerprint density at radius 2 is 2.04 bits per heavy atom. The number of piperidine rings is 1. The highest BCUT2D eigenvalue weighted by molar-refractivity contribution is 7.89. The summed E-state index contributed by atoms with van der Waals surface area (Å²) in [5.41, 5.74) is 0. The summed E-state index contributed by atoms with van der Waals surface area (Å²) in [6, 6.07) is 1.38. The third kappa shape index (κ3) is 4.69. The van der Waals surface area contributed by atoms with Crippen molar-refractivity contribution in [3.63, 3.8) is 0 Å². The average molecular weight is 366 g/mol.